The molecule has 4 rings (SSSR count). The number of hydrogen-bond donors (Lipinski definition) is 0. The van der Waals surface area contributed by atoms with Crippen LogP contribution in [0.3, 0.4) is 0 Å². The van der Waals surface area contributed by atoms with Gasteiger partial charge in [-0.05, 0) is 36.5 Å². The van der Waals surface area contributed by atoms with Gasteiger partial charge in [-0.25, -0.2) is 0 Å². The molecule has 0 N–H and O–H groups in total. The van der Waals surface area contributed by atoms with Crippen LogP contribution in [0.5, 0.6) is 5.75 Å². The second-order valence-electron chi connectivity index (χ2n) is 7.42. The monoisotopic (exact) mass is 379 g/mol. The van der Waals surface area contributed by atoms with Crippen molar-refractivity contribution in [3.05, 3.63) is 65.2 Å². The molecule has 0 saturated heterocycles. The van der Waals surface area contributed by atoms with Crippen molar-refractivity contribution in [3.8, 4) is 5.75 Å². The van der Waals surface area contributed by atoms with Gasteiger partial charge in [0.2, 0.25) is 0 Å². The molecule has 2 unspecified atom stereocenters. The Bertz CT molecular complexity index is 864. The molecule has 5 heteroatoms. The minimum Gasteiger partial charge on any atom is -0.492 e. The number of benzene rings is 2. The SMILES string of the molecule is CCOC(=O)C1CC1CN(Cc1ccccc1)C(=O)c1cccc2c1OCC2. The second kappa shape index (κ2) is 8.05. The van der Waals surface area contributed by atoms with E-state index < -0.39 is 0 Å². The number of para-hydroxylation sites is 1. The number of fused-ring (bicyclic) bond motifs is 1. The smallest absolute Gasteiger partial charge is 0.309 e. The Morgan fingerprint density at radius 3 is 2.75 bits per heavy atom. The van der Waals surface area contributed by atoms with E-state index in [-0.39, 0.29) is 23.7 Å². The first-order valence-electron chi connectivity index (χ1n) is 9.92. The lowest BCUT2D eigenvalue weighted by molar-refractivity contribution is -0.145. The van der Waals surface area contributed by atoms with Gasteiger partial charge < -0.3 is 14.4 Å². The first-order chi connectivity index (χ1) is 13.7. The quantitative estimate of drug-likeness (QED) is 0.692. The van der Waals surface area contributed by atoms with E-state index in [0.29, 0.717) is 37.6 Å². The summed E-state index contributed by atoms with van der Waals surface area (Å²) in [6.07, 6.45) is 1.61. The Balaban J connectivity index is 1.54. The summed E-state index contributed by atoms with van der Waals surface area (Å²) in [5, 5.41) is 0. The molecule has 0 bridgehead atoms. The third kappa shape index (κ3) is 3.88. The van der Waals surface area contributed by atoms with E-state index >= 15 is 0 Å². The van der Waals surface area contributed by atoms with Gasteiger partial charge in [0.1, 0.15) is 5.75 Å². The third-order valence-corrected chi connectivity index (χ3v) is 5.42. The maximum atomic E-state index is 13.4. The fraction of sp³-hybridized carbons (Fsp3) is 0.391. The van der Waals surface area contributed by atoms with E-state index in [1.807, 2.05) is 60.4 Å². The van der Waals surface area contributed by atoms with E-state index in [4.69, 9.17) is 9.47 Å². The van der Waals surface area contributed by atoms with Crippen molar-refractivity contribution in [2.24, 2.45) is 11.8 Å². The van der Waals surface area contributed by atoms with Crippen LogP contribution in [0, 0.1) is 11.8 Å². The van der Waals surface area contributed by atoms with Crippen molar-refractivity contribution < 1.29 is 19.1 Å². The highest BCUT2D eigenvalue weighted by Crippen LogP contribution is 2.41. The molecule has 1 fully saturated rings. The van der Waals surface area contributed by atoms with Crippen LogP contribution in [0.2, 0.25) is 0 Å². The van der Waals surface area contributed by atoms with Gasteiger partial charge in [-0.3, -0.25) is 9.59 Å². The fourth-order valence-electron chi connectivity index (χ4n) is 3.85. The van der Waals surface area contributed by atoms with E-state index in [0.717, 1.165) is 24.0 Å². The molecule has 28 heavy (non-hydrogen) atoms. The molecule has 146 valence electrons. The third-order valence-electron chi connectivity index (χ3n) is 5.42. The maximum absolute atomic E-state index is 13.4. The van der Waals surface area contributed by atoms with Gasteiger partial charge in [-0.15, -0.1) is 0 Å². The van der Waals surface area contributed by atoms with Crippen LogP contribution in [-0.4, -0.2) is 36.5 Å². The molecule has 0 aromatic heterocycles. The topological polar surface area (TPSA) is 55.8 Å². The summed E-state index contributed by atoms with van der Waals surface area (Å²) in [7, 11) is 0. The highest BCUT2D eigenvalue weighted by atomic mass is 16.5. The summed E-state index contributed by atoms with van der Waals surface area (Å²) in [6, 6.07) is 15.7. The summed E-state index contributed by atoms with van der Waals surface area (Å²) in [6.45, 7) is 3.88. The first kappa shape index (κ1) is 18.5. The summed E-state index contributed by atoms with van der Waals surface area (Å²) >= 11 is 0. The predicted octanol–water partition coefficient (Wildman–Crippen LogP) is 3.46. The molecule has 0 spiro atoms. The Labute approximate surface area is 165 Å². The lowest BCUT2D eigenvalue weighted by Gasteiger charge is -2.24. The zero-order valence-corrected chi connectivity index (χ0v) is 16.1. The molecule has 2 aliphatic rings. The van der Waals surface area contributed by atoms with Gasteiger partial charge in [0.05, 0.1) is 24.7 Å². The highest BCUT2D eigenvalue weighted by molar-refractivity contribution is 5.97. The number of amides is 1. The van der Waals surface area contributed by atoms with Crippen LogP contribution in [0.25, 0.3) is 0 Å². The second-order valence-corrected chi connectivity index (χ2v) is 7.42. The normalized spacial score (nSPS) is 19.5. The predicted molar refractivity (Wildman–Crippen MR) is 105 cm³/mol. The van der Waals surface area contributed by atoms with Crippen LogP contribution >= 0.6 is 0 Å². The highest BCUT2D eigenvalue weighted by Gasteiger charge is 2.45. The molecule has 1 amide bonds. The van der Waals surface area contributed by atoms with Crippen molar-refractivity contribution in [2.45, 2.75) is 26.3 Å². The molecular weight excluding hydrogens is 354 g/mol. The van der Waals surface area contributed by atoms with Crippen LogP contribution in [0.15, 0.2) is 48.5 Å². The number of hydrogen-bond acceptors (Lipinski definition) is 4. The number of ether oxygens (including phenoxy) is 2. The van der Waals surface area contributed by atoms with Gasteiger partial charge in [0.15, 0.2) is 0 Å². The number of esters is 1. The van der Waals surface area contributed by atoms with Gasteiger partial charge in [-0.1, -0.05) is 42.5 Å². The Morgan fingerprint density at radius 2 is 1.96 bits per heavy atom. The van der Waals surface area contributed by atoms with Crippen molar-refractivity contribution in [1.29, 1.82) is 0 Å². The molecule has 2 aromatic rings. The summed E-state index contributed by atoms with van der Waals surface area (Å²) < 4.78 is 10.9. The van der Waals surface area contributed by atoms with E-state index in [1.54, 1.807) is 0 Å². The van der Waals surface area contributed by atoms with Gasteiger partial charge in [0, 0.05) is 19.5 Å². The summed E-state index contributed by atoms with van der Waals surface area (Å²) in [5.41, 5.74) is 2.76. The zero-order valence-electron chi connectivity index (χ0n) is 16.1. The van der Waals surface area contributed by atoms with Crippen LogP contribution in [-0.2, 0) is 22.5 Å². The Hall–Kier alpha value is -2.82. The Kier molecular flexibility index (Phi) is 5.33. The van der Waals surface area contributed by atoms with E-state index in [2.05, 4.69) is 0 Å². The fourth-order valence-corrected chi connectivity index (χ4v) is 3.85. The maximum Gasteiger partial charge on any atom is 0.309 e. The van der Waals surface area contributed by atoms with E-state index in [1.165, 1.54) is 0 Å². The van der Waals surface area contributed by atoms with Crippen molar-refractivity contribution in [3.63, 3.8) is 0 Å². The van der Waals surface area contributed by atoms with Gasteiger partial charge in [0.25, 0.3) is 5.91 Å². The molecule has 2 aromatic carbocycles. The lowest BCUT2D eigenvalue weighted by atomic mass is 10.1. The molecule has 1 aliphatic carbocycles. The van der Waals surface area contributed by atoms with Crippen molar-refractivity contribution in [2.75, 3.05) is 19.8 Å². The molecule has 5 nitrogen and oxygen atoms in total. The molecule has 1 aliphatic heterocycles. The van der Waals surface area contributed by atoms with Crippen molar-refractivity contribution in [1.82, 2.24) is 4.90 Å². The average molecular weight is 379 g/mol. The van der Waals surface area contributed by atoms with Crippen LogP contribution < -0.4 is 4.74 Å². The summed E-state index contributed by atoms with van der Waals surface area (Å²) in [5.74, 6) is 0.581. The Morgan fingerprint density at radius 1 is 1.14 bits per heavy atom. The van der Waals surface area contributed by atoms with Gasteiger partial charge >= 0.3 is 5.97 Å². The van der Waals surface area contributed by atoms with Crippen molar-refractivity contribution >= 4 is 11.9 Å². The molecular formula is C23H25NO4. The number of carbonyl (C=O) groups is 2. The molecule has 1 saturated carbocycles. The zero-order chi connectivity index (χ0) is 19.5. The van der Waals surface area contributed by atoms with Crippen LogP contribution in [0.4, 0.5) is 0 Å². The molecule has 2 atom stereocenters. The average Bonchev–Trinajstić information content (AvgIpc) is 3.31. The lowest BCUT2D eigenvalue weighted by Crippen LogP contribution is -2.33. The first-order valence-corrected chi connectivity index (χ1v) is 9.92. The standard InChI is InChI=1S/C23H25NO4/c1-2-27-23(26)20-13-18(20)15-24(14-16-7-4-3-5-8-16)22(25)19-10-6-9-17-11-12-28-21(17)19/h3-10,18,20H,2,11-15H2,1H3. The summed E-state index contributed by atoms with van der Waals surface area (Å²) in [4.78, 5) is 27.3. The minimum absolute atomic E-state index is 0.0443. The number of carbonyl (C=O) groups excluding carboxylic acids is 2. The van der Waals surface area contributed by atoms with Gasteiger partial charge in [-0.2, -0.15) is 0 Å². The molecule has 1 heterocycles. The van der Waals surface area contributed by atoms with Crippen LogP contribution in [0.1, 0.15) is 34.8 Å². The minimum atomic E-state index is -0.149. The molecule has 0 radical (unpaired) electrons. The number of nitrogens with zero attached hydrogens (tertiary/aromatic N) is 1. The van der Waals surface area contributed by atoms with E-state index in [9.17, 15) is 9.59 Å². The largest absolute Gasteiger partial charge is 0.492 e. The number of rotatable bonds is 7.